The second-order valence-electron chi connectivity index (χ2n) is 9.01. The summed E-state index contributed by atoms with van der Waals surface area (Å²) in [6.45, 7) is 3.17. The first kappa shape index (κ1) is 28.8. The number of carbonyl (C=O) groups is 5. The number of rotatable bonds is 9. The fourth-order valence-electron chi connectivity index (χ4n) is 4.58. The zero-order valence-corrected chi connectivity index (χ0v) is 22.2. The fraction of sp³-hybridized carbons (Fsp3) is 0.542. The van der Waals surface area contributed by atoms with Gasteiger partial charge in [0, 0.05) is 57.3 Å². The minimum atomic E-state index is -1.25. The number of esters is 1. The molecule has 0 radical (unpaired) electrons. The number of aliphatic carboxylic acids is 1. The van der Waals surface area contributed by atoms with Gasteiger partial charge in [0.05, 0.1) is 24.9 Å². The van der Waals surface area contributed by atoms with Gasteiger partial charge in [-0.25, -0.2) is 0 Å². The third-order valence-corrected chi connectivity index (χ3v) is 6.61. The number of methoxy groups -OCH3 is 1. The van der Waals surface area contributed by atoms with Crippen molar-refractivity contribution in [3.63, 3.8) is 0 Å². The summed E-state index contributed by atoms with van der Waals surface area (Å²) in [5.41, 5.74) is 1.02. The van der Waals surface area contributed by atoms with Gasteiger partial charge in [-0.3, -0.25) is 29.0 Å². The van der Waals surface area contributed by atoms with E-state index in [1.54, 1.807) is 24.2 Å². The van der Waals surface area contributed by atoms with Crippen LogP contribution in [0.5, 0.6) is 0 Å². The Hall–Kier alpha value is -3.81. The smallest absolute Gasteiger partial charge is 0.323 e. The molecule has 2 saturated heterocycles. The van der Waals surface area contributed by atoms with E-state index in [2.05, 4.69) is 19.9 Å². The molecule has 0 spiro atoms. The van der Waals surface area contributed by atoms with Gasteiger partial charge in [0.1, 0.15) is 18.6 Å². The molecule has 3 heterocycles. The molecule has 3 rings (SSSR count). The van der Waals surface area contributed by atoms with Crippen molar-refractivity contribution < 1.29 is 33.8 Å². The van der Waals surface area contributed by atoms with E-state index in [0.717, 1.165) is 17.7 Å². The molecule has 2 N–H and O–H groups in total. The number of thiocarbonyl (C=S) groups is 1. The average molecular weight is 549 g/mol. The van der Waals surface area contributed by atoms with Crippen molar-refractivity contribution in [2.45, 2.75) is 31.8 Å². The Morgan fingerprint density at radius 1 is 1.13 bits per heavy atom. The lowest BCUT2D eigenvalue weighted by atomic mass is 10.0. The topological polar surface area (TPSA) is 153 Å². The fourth-order valence-corrected chi connectivity index (χ4v) is 4.72. The molecular formula is C24H32N6O7S. The van der Waals surface area contributed by atoms with Gasteiger partial charge >= 0.3 is 11.9 Å². The highest BCUT2D eigenvalue weighted by atomic mass is 32.1. The summed E-state index contributed by atoms with van der Waals surface area (Å²) in [6, 6.07) is 1.50. The van der Waals surface area contributed by atoms with Gasteiger partial charge in [0.25, 0.3) is 0 Å². The van der Waals surface area contributed by atoms with Crippen LogP contribution in [0, 0.1) is 0 Å². The van der Waals surface area contributed by atoms with Crippen LogP contribution >= 0.6 is 12.2 Å². The molecule has 2 fully saturated rings. The average Bonchev–Trinajstić information content (AvgIpc) is 2.90. The predicted octanol–water partition coefficient (Wildman–Crippen LogP) is -0.887. The lowest BCUT2D eigenvalue weighted by Gasteiger charge is -2.41. The van der Waals surface area contributed by atoms with E-state index in [4.69, 9.17) is 17.3 Å². The van der Waals surface area contributed by atoms with Crippen LogP contribution in [-0.2, 0) is 28.7 Å². The zero-order chi connectivity index (χ0) is 27.8. The van der Waals surface area contributed by atoms with Gasteiger partial charge < -0.3 is 34.8 Å². The van der Waals surface area contributed by atoms with Crippen LogP contribution in [0.2, 0.25) is 0 Å². The number of anilines is 1. The summed E-state index contributed by atoms with van der Waals surface area (Å²) in [7, 11) is 1.16. The molecule has 2 unspecified atom stereocenters. The number of ether oxygens (including phenoxy) is 1. The van der Waals surface area contributed by atoms with E-state index in [1.807, 2.05) is 12.1 Å². The molecule has 2 atom stereocenters. The maximum Gasteiger partial charge on any atom is 0.323 e. The number of hydrogen-bond donors (Lipinski definition) is 2. The van der Waals surface area contributed by atoms with E-state index >= 15 is 0 Å². The number of aromatic nitrogens is 1. The minimum Gasteiger partial charge on any atom is -0.480 e. The molecule has 0 saturated carbocycles. The summed E-state index contributed by atoms with van der Waals surface area (Å²) in [6.07, 6.45) is 2.78. The van der Waals surface area contributed by atoms with Crippen LogP contribution in [0.1, 0.15) is 19.8 Å². The highest BCUT2D eigenvalue weighted by Crippen LogP contribution is 2.19. The van der Waals surface area contributed by atoms with Crippen LogP contribution in [0.25, 0.3) is 0 Å². The molecule has 14 heteroatoms. The normalized spacial score (nSPS) is 18.6. The summed E-state index contributed by atoms with van der Waals surface area (Å²) < 4.78 is 4.69. The van der Waals surface area contributed by atoms with Crippen molar-refractivity contribution >= 4 is 52.6 Å². The number of carboxylic acid groups (broad SMARTS) is 1. The second-order valence-corrected chi connectivity index (χ2v) is 9.62. The van der Waals surface area contributed by atoms with Crippen LogP contribution in [0.15, 0.2) is 24.5 Å². The maximum atomic E-state index is 13.6. The van der Waals surface area contributed by atoms with Crippen molar-refractivity contribution in [2.75, 3.05) is 57.8 Å². The number of piperazine rings is 2. The minimum absolute atomic E-state index is 0.00698. The zero-order valence-electron chi connectivity index (χ0n) is 21.4. The molecule has 0 aliphatic carbocycles. The van der Waals surface area contributed by atoms with Crippen LogP contribution in [0.3, 0.4) is 0 Å². The Balaban J connectivity index is 1.71. The molecule has 2 aliphatic heterocycles. The third-order valence-electron chi connectivity index (χ3n) is 6.50. The number of amides is 3. The van der Waals surface area contributed by atoms with Gasteiger partial charge in [-0.2, -0.15) is 0 Å². The molecule has 206 valence electrons. The monoisotopic (exact) mass is 548 g/mol. The number of nitrogens with zero attached hydrogens (tertiary/aromatic N) is 5. The van der Waals surface area contributed by atoms with Crippen molar-refractivity contribution in [1.82, 2.24) is 25.0 Å². The van der Waals surface area contributed by atoms with Gasteiger partial charge in [-0.1, -0.05) is 12.2 Å². The van der Waals surface area contributed by atoms with Gasteiger partial charge in [-0.05, 0) is 19.1 Å². The quantitative estimate of drug-likeness (QED) is 0.292. The van der Waals surface area contributed by atoms with Crippen molar-refractivity contribution in [3.05, 3.63) is 24.5 Å². The van der Waals surface area contributed by atoms with E-state index in [1.165, 1.54) is 4.90 Å². The SMILES string of the molecule is COC(=O)CC1C(=O)N(CC(=O)O)CCN1C(=O)C(CC(=O)N1CCN(c2ccncc2)CC1)NC(C)=S. The first-order valence-corrected chi connectivity index (χ1v) is 12.6. The Morgan fingerprint density at radius 3 is 2.37 bits per heavy atom. The molecule has 38 heavy (non-hydrogen) atoms. The van der Waals surface area contributed by atoms with Crippen LogP contribution in [-0.4, -0.2) is 124 Å². The van der Waals surface area contributed by atoms with E-state index in [-0.39, 0.29) is 25.4 Å². The van der Waals surface area contributed by atoms with E-state index in [0.29, 0.717) is 31.2 Å². The number of pyridine rings is 1. The van der Waals surface area contributed by atoms with Gasteiger partial charge in [0.2, 0.25) is 17.7 Å². The summed E-state index contributed by atoms with van der Waals surface area (Å²) in [5, 5.41) is 12.0. The molecule has 13 nitrogen and oxygen atoms in total. The van der Waals surface area contributed by atoms with Crippen molar-refractivity contribution in [1.29, 1.82) is 0 Å². The Kier molecular flexibility index (Phi) is 9.93. The van der Waals surface area contributed by atoms with Crippen LogP contribution in [0.4, 0.5) is 5.69 Å². The molecule has 1 aromatic rings. The molecule has 0 bridgehead atoms. The molecule has 0 aromatic carbocycles. The summed E-state index contributed by atoms with van der Waals surface area (Å²) in [5.74, 6) is -3.43. The van der Waals surface area contributed by atoms with Crippen molar-refractivity contribution in [2.24, 2.45) is 0 Å². The van der Waals surface area contributed by atoms with E-state index in [9.17, 15) is 24.0 Å². The first-order valence-electron chi connectivity index (χ1n) is 12.2. The maximum absolute atomic E-state index is 13.6. The van der Waals surface area contributed by atoms with Crippen molar-refractivity contribution in [3.8, 4) is 0 Å². The number of nitrogens with one attached hydrogen (secondary N) is 1. The number of carboxylic acids is 1. The lowest BCUT2D eigenvalue weighted by molar-refractivity contribution is -0.159. The highest BCUT2D eigenvalue weighted by molar-refractivity contribution is 7.80. The van der Waals surface area contributed by atoms with E-state index < -0.39 is 48.8 Å². The van der Waals surface area contributed by atoms with Gasteiger partial charge in [0.15, 0.2) is 0 Å². The predicted molar refractivity (Wildman–Crippen MR) is 139 cm³/mol. The lowest BCUT2D eigenvalue weighted by Crippen LogP contribution is -2.63. The highest BCUT2D eigenvalue weighted by Gasteiger charge is 2.42. The summed E-state index contributed by atoms with van der Waals surface area (Å²) >= 11 is 5.15. The third kappa shape index (κ3) is 7.37. The molecule has 1 aromatic heterocycles. The van der Waals surface area contributed by atoms with Crippen LogP contribution < -0.4 is 10.2 Å². The standard InChI is InChI=1S/C24H32N6O7S/c1-16(38)26-18(13-20(31)28-9-7-27(8-10-28)17-3-5-25-6-4-17)23(35)30-12-11-29(15-21(32)33)24(36)19(30)14-22(34)37-2/h3-6,18-19H,7-15H2,1-2H3,(H,26,38)(H,32,33). The number of carbonyl (C=O) groups excluding carboxylic acids is 4. The Bertz CT molecular complexity index is 1060. The molecular weight excluding hydrogens is 516 g/mol. The first-order chi connectivity index (χ1) is 18.1. The molecule has 2 aliphatic rings. The Labute approximate surface area is 225 Å². The largest absolute Gasteiger partial charge is 0.480 e. The summed E-state index contributed by atoms with van der Waals surface area (Å²) in [4.78, 5) is 73.5. The number of hydrogen-bond acceptors (Lipinski definition) is 9. The molecule has 3 amide bonds. The second kappa shape index (κ2) is 13.1. The Morgan fingerprint density at radius 2 is 1.79 bits per heavy atom. The van der Waals surface area contributed by atoms with Gasteiger partial charge in [-0.15, -0.1) is 0 Å².